The topological polar surface area (TPSA) is 55.9 Å². The van der Waals surface area contributed by atoms with Gasteiger partial charge in [-0.3, -0.25) is 0 Å². The number of fused-ring (bicyclic) bond motifs is 3. The molecule has 2 aromatic carbocycles. The number of aryl methyl sites for hydroxylation is 2. The zero-order valence-electron chi connectivity index (χ0n) is 12.7. The lowest BCUT2D eigenvalue weighted by Gasteiger charge is -2.10. The molecule has 0 saturated carbocycles. The van der Waals surface area contributed by atoms with Crippen LogP contribution in [-0.4, -0.2) is 0 Å². The summed E-state index contributed by atoms with van der Waals surface area (Å²) in [6, 6.07) is 12.3. The number of aromatic nitrogens is 1. The van der Waals surface area contributed by atoms with E-state index in [-0.39, 0.29) is 0 Å². The largest absolute Gasteiger partial charge is 0.399 e. The highest BCUT2D eigenvalue weighted by Gasteiger charge is 2.18. The fraction of sp³-hybridized carbons (Fsp3) is 0.278. The van der Waals surface area contributed by atoms with Crippen LogP contribution in [0.5, 0.6) is 0 Å². The lowest BCUT2D eigenvalue weighted by Crippen LogP contribution is -2.35. The molecule has 0 spiro atoms. The van der Waals surface area contributed by atoms with E-state index in [2.05, 4.69) is 42.8 Å². The predicted octanol–water partition coefficient (Wildman–Crippen LogP) is 3.32. The van der Waals surface area contributed by atoms with E-state index in [9.17, 15) is 0 Å². The number of anilines is 2. The van der Waals surface area contributed by atoms with E-state index in [0.717, 1.165) is 17.8 Å². The molecule has 0 bridgehead atoms. The summed E-state index contributed by atoms with van der Waals surface area (Å²) in [5, 5.41) is 3.73. The van der Waals surface area contributed by atoms with Crippen molar-refractivity contribution >= 4 is 33.1 Å². The minimum atomic E-state index is 0.800. The summed E-state index contributed by atoms with van der Waals surface area (Å²) < 4.78 is 2.27. The van der Waals surface area contributed by atoms with Gasteiger partial charge in [-0.05, 0) is 30.7 Å². The molecule has 0 fully saturated rings. The lowest BCUT2D eigenvalue weighted by molar-refractivity contribution is -0.651. The first-order chi connectivity index (χ1) is 10.1. The predicted molar refractivity (Wildman–Crippen MR) is 90.1 cm³/mol. The quantitative estimate of drug-likeness (QED) is 0.439. The van der Waals surface area contributed by atoms with Crippen molar-refractivity contribution in [3.63, 3.8) is 0 Å². The van der Waals surface area contributed by atoms with Crippen LogP contribution < -0.4 is 16.0 Å². The van der Waals surface area contributed by atoms with Crippen molar-refractivity contribution in [2.75, 3.05) is 11.5 Å². The van der Waals surface area contributed by atoms with E-state index in [0.29, 0.717) is 0 Å². The summed E-state index contributed by atoms with van der Waals surface area (Å²) in [4.78, 5) is 0. The van der Waals surface area contributed by atoms with Crippen LogP contribution in [0.3, 0.4) is 0 Å². The maximum absolute atomic E-state index is 6.01. The molecule has 0 aliphatic rings. The van der Waals surface area contributed by atoms with Crippen molar-refractivity contribution in [2.45, 2.75) is 26.2 Å². The van der Waals surface area contributed by atoms with Crippen molar-refractivity contribution in [1.82, 2.24) is 0 Å². The zero-order valence-corrected chi connectivity index (χ0v) is 12.7. The van der Waals surface area contributed by atoms with Gasteiger partial charge in [0.1, 0.15) is 7.05 Å². The molecular weight excluding hydrogens is 258 g/mol. The molecule has 3 heteroatoms. The van der Waals surface area contributed by atoms with Crippen molar-refractivity contribution < 1.29 is 4.57 Å². The number of nitrogens with zero attached hydrogens (tertiary/aromatic N) is 1. The average molecular weight is 280 g/mol. The number of rotatable bonds is 3. The molecule has 3 nitrogen and oxygen atoms in total. The van der Waals surface area contributed by atoms with Crippen LogP contribution in [0, 0.1) is 0 Å². The van der Waals surface area contributed by atoms with Crippen molar-refractivity contribution in [1.29, 1.82) is 0 Å². The number of unbranched alkanes of at least 4 members (excludes halogenated alkanes) is 1. The van der Waals surface area contributed by atoms with Gasteiger partial charge >= 0.3 is 0 Å². The average Bonchev–Trinajstić information content (AvgIpc) is 2.47. The van der Waals surface area contributed by atoms with E-state index >= 15 is 0 Å². The minimum absolute atomic E-state index is 0.800. The molecule has 1 heterocycles. The van der Waals surface area contributed by atoms with Crippen LogP contribution in [-0.2, 0) is 13.5 Å². The minimum Gasteiger partial charge on any atom is -0.399 e. The Kier molecular flexibility index (Phi) is 3.42. The first-order valence-corrected chi connectivity index (χ1v) is 7.51. The van der Waals surface area contributed by atoms with Gasteiger partial charge in [-0.2, -0.15) is 4.57 Å². The summed E-state index contributed by atoms with van der Waals surface area (Å²) in [7, 11) is 2.12. The van der Waals surface area contributed by atoms with E-state index < -0.39 is 0 Å². The summed E-state index contributed by atoms with van der Waals surface area (Å²) in [5.74, 6) is 0. The first kappa shape index (κ1) is 13.7. The first-order valence-electron chi connectivity index (χ1n) is 7.51. The Balaban J connectivity index is 2.43. The van der Waals surface area contributed by atoms with Crippen LogP contribution in [0.2, 0.25) is 0 Å². The Labute approximate surface area is 125 Å². The second kappa shape index (κ2) is 5.24. The fourth-order valence-corrected chi connectivity index (χ4v) is 3.06. The highest BCUT2D eigenvalue weighted by atomic mass is 14.9. The monoisotopic (exact) mass is 280 g/mol. The molecule has 3 rings (SSSR count). The smallest absolute Gasteiger partial charge is 0.215 e. The lowest BCUT2D eigenvalue weighted by atomic mass is 9.99. The summed E-state index contributed by atoms with van der Waals surface area (Å²) in [6.07, 6.45) is 3.40. The summed E-state index contributed by atoms with van der Waals surface area (Å²) in [5.41, 5.74) is 16.1. The van der Waals surface area contributed by atoms with Crippen LogP contribution >= 0.6 is 0 Å². The number of pyridine rings is 1. The molecule has 21 heavy (non-hydrogen) atoms. The third-order valence-electron chi connectivity index (χ3n) is 4.20. The van der Waals surface area contributed by atoms with Crippen LogP contribution in [0.15, 0.2) is 36.4 Å². The van der Waals surface area contributed by atoms with Crippen LogP contribution in [0.25, 0.3) is 21.7 Å². The zero-order chi connectivity index (χ0) is 15.0. The number of nitrogens with two attached hydrogens (primary N) is 2. The Morgan fingerprint density at radius 3 is 2.29 bits per heavy atom. The van der Waals surface area contributed by atoms with E-state index in [1.165, 1.54) is 40.2 Å². The van der Waals surface area contributed by atoms with E-state index in [1.54, 1.807) is 0 Å². The Morgan fingerprint density at radius 2 is 1.57 bits per heavy atom. The number of hydrogen-bond acceptors (Lipinski definition) is 2. The molecule has 4 N–H and O–H groups in total. The van der Waals surface area contributed by atoms with Gasteiger partial charge in [-0.25, -0.2) is 0 Å². The standard InChI is InChI=1S/C18H21N3/c1-3-4-5-17-16-10-12(19)6-8-14(16)15-9-7-13(20)11-18(15)21(17)2/h6-11,20H,3-5,19H2,1-2H3/p+1. The summed E-state index contributed by atoms with van der Waals surface area (Å²) in [6.45, 7) is 2.22. The second-order valence-corrected chi connectivity index (χ2v) is 5.69. The Hall–Kier alpha value is -2.29. The third-order valence-corrected chi connectivity index (χ3v) is 4.20. The molecule has 0 aliphatic carbocycles. The number of hydrogen-bond donors (Lipinski definition) is 2. The highest BCUT2D eigenvalue weighted by molar-refractivity contribution is 6.06. The molecule has 3 aromatic rings. The Bertz CT molecular complexity index is 822. The van der Waals surface area contributed by atoms with Crippen LogP contribution in [0.4, 0.5) is 11.4 Å². The fourth-order valence-electron chi connectivity index (χ4n) is 3.06. The second-order valence-electron chi connectivity index (χ2n) is 5.69. The molecule has 0 unspecified atom stereocenters. The molecular formula is C18H22N3+. The van der Waals surface area contributed by atoms with Gasteiger partial charge in [-0.15, -0.1) is 0 Å². The van der Waals surface area contributed by atoms with E-state index in [4.69, 9.17) is 11.5 Å². The molecule has 1 aromatic heterocycles. The van der Waals surface area contributed by atoms with Gasteiger partial charge in [0, 0.05) is 29.2 Å². The molecule has 0 radical (unpaired) electrons. The molecule has 108 valence electrons. The Morgan fingerprint density at radius 1 is 0.905 bits per heavy atom. The number of nitrogen functional groups attached to an aromatic ring is 2. The highest BCUT2D eigenvalue weighted by Crippen LogP contribution is 2.28. The molecule has 0 aliphatic heterocycles. The van der Waals surface area contributed by atoms with Crippen molar-refractivity contribution in [3.05, 3.63) is 42.1 Å². The van der Waals surface area contributed by atoms with Gasteiger partial charge in [-0.1, -0.05) is 19.4 Å². The van der Waals surface area contributed by atoms with Crippen molar-refractivity contribution in [3.8, 4) is 0 Å². The number of benzene rings is 2. The van der Waals surface area contributed by atoms with Gasteiger partial charge in [0.25, 0.3) is 0 Å². The SMILES string of the molecule is CCCCc1c2cc(N)ccc2c2ccc(N)cc2[n+]1C. The van der Waals surface area contributed by atoms with Gasteiger partial charge in [0.05, 0.1) is 10.8 Å². The van der Waals surface area contributed by atoms with Gasteiger partial charge < -0.3 is 11.5 Å². The maximum Gasteiger partial charge on any atom is 0.215 e. The van der Waals surface area contributed by atoms with Crippen LogP contribution in [0.1, 0.15) is 25.5 Å². The molecule has 0 saturated heterocycles. The normalized spacial score (nSPS) is 11.3. The summed E-state index contributed by atoms with van der Waals surface area (Å²) >= 11 is 0. The van der Waals surface area contributed by atoms with Gasteiger partial charge in [0.15, 0.2) is 5.69 Å². The van der Waals surface area contributed by atoms with Gasteiger partial charge in [0.2, 0.25) is 5.52 Å². The van der Waals surface area contributed by atoms with Crippen molar-refractivity contribution in [2.24, 2.45) is 7.05 Å². The third kappa shape index (κ3) is 2.29. The molecule has 0 atom stereocenters. The molecule has 0 amide bonds. The van der Waals surface area contributed by atoms with E-state index in [1.807, 2.05) is 12.1 Å². The maximum atomic E-state index is 6.01.